The zero-order chi connectivity index (χ0) is 10.1. The van der Waals surface area contributed by atoms with Gasteiger partial charge in [-0.1, -0.05) is 0 Å². The van der Waals surface area contributed by atoms with Crippen LogP contribution in [0.4, 0.5) is 13.2 Å². The van der Waals surface area contributed by atoms with Gasteiger partial charge in [0, 0.05) is 5.92 Å². The first-order valence-corrected chi connectivity index (χ1v) is 4.12. The van der Waals surface area contributed by atoms with Crippen LogP contribution in [0.15, 0.2) is 0 Å². The third kappa shape index (κ3) is 3.34. The quantitative estimate of drug-likeness (QED) is 0.686. The smallest absolute Gasteiger partial charge is 0.361 e. The summed E-state index contributed by atoms with van der Waals surface area (Å²) >= 11 is 0. The summed E-state index contributed by atoms with van der Waals surface area (Å²) in [5, 5.41) is 0. The van der Waals surface area contributed by atoms with Gasteiger partial charge in [-0.25, -0.2) is 0 Å². The normalized spacial score (nSPS) is 20.0. The fourth-order valence-corrected chi connectivity index (χ4v) is 0.825. The van der Waals surface area contributed by atoms with Gasteiger partial charge in [0.25, 0.3) is 0 Å². The largest absolute Gasteiger partial charge is 0.414 e. The van der Waals surface area contributed by atoms with E-state index in [0.717, 1.165) is 19.8 Å². The molecule has 13 heavy (non-hydrogen) atoms. The van der Waals surface area contributed by atoms with E-state index in [1.165, 1.54) is 0 Å². The minimum absolute atomic E-state index is 0.0413. The molecular formula is C8H11F3O2. The summed E-state index contributed by atoms with van der Waals surface area (Å²) in [6.07, 6.45) is -4.63. The fraction of sp³-hybridized carbons (Fsp3) is 0.875. The average molecular weight is 196 g/mol. The molecule has 1 aliphatic carbocycles. The van der Waals surface area contributed by atoms with E-state index in [2.05, 4.69) is 4.74 Å². The first-order valence-electron chi connectivity index (χ1n) is 4.12. The van der Waals surface area contributed by atoms with Gasteiger partial charge in [0.05, 0.1) is 0 Å². The van der Waals surface area contributed by atoms with Crippen molar-refractivity contribution in [1.29, 1.82) is 0 Å². The number of rotatable bonds is 4. The van der Waals surface area contributed by atoms with Gasteiger partial charge in [-0.3, -0.25) is 4.79 Å². The lowest BCUT2D eigenvalue weighted by atomic mass is 10.3. The van der Waals surface area contributed by atoms with Crippen molar-refractivity contribution in [3.63, 3.8) is 0 Å². The van der Waals surface area contributed by atoms with E-state index in [4.69, 9.17) is 0 Å². The molecule has 2 nitrogen and oxygen atoms in total. The van der Waals surface area contributed by atoms with Gasteiger partial charge < -0.3 is 4.74 Å². The second kappa shape index (κ2) is 3.65. The molecule has 0 N–H and O–H groups in total. The molecule has 76 valence electrons. The highest BCUT2D eigenvalue weighted by atomic mass is 19.4. The van der Waals surface area contributed by atoms with Gasteiger partial charge in [-0.05, 0) is 19.8 Å². The maximum atomic E-state index is 11.9. The zero-order valence-electron chi connectivity index (χ0n) is 7.23. The number of ether oxygens (including phenoxy) is 1. The Labute approximate surface area is 74.1 Å². The Hall–Kier alpha value is -0.580. The highest BCUT2D eigenvalue weighted by Gasteiger charge is 2.38. The van der Waals surface area contributed by atoms with Crippen molar-refractivity contribution in [2.24, 2.45) is 5.92 Å². The summed E-state index contributed by atoms with van der Waals surface area (Å²) in [6, 6.07) is 0. The summed E-state index contributed by atoms with van der Waals surface area (Å²) in [7, 11) is 0. The second-order valence-electron chi connectivity index (χ2n) is 3.24. The van der Waals surface area contributed by atoms with Gasteiger partial charge in [-0.2, -0.15) is 13.2 Å². The third-order valence-electron chi connectivity index (χ3n) is 1.97. The molecule has 0 aromatic carbocycles. The van der Waals surface area contributed by atoms with E-state index < -0.39 is 18.9 Å². The van der Waals surface area contributed by atoms with Gasteiger partial charge in [0.15, 0.2) is 11.9 Å². The van der Waals surface area contributed by atoms with E-state index in [0.29, 0.717) is 0 Å². The summed E-state index contributed by atoms with van der Waals surface area (Å²) in [5.74, 6) is -0.253. The molecule has 0 heterocycles. The molecule has 1 rings (SSSR count). The Morgan fingerprint density at radius 2 is 2.08 bits per heavy atom. The summed E-state index contributed by atoms with van der Waals surface area (Å²) in [4.78, 5) is 10.9. The van der Waals surface area contributed by atoms with Crippen LogP contribution in [0.5, 0.6) is 0 Å². The van der Waals surface area contributed by atoms with Crippen molar-refractivity contribution in [3.8, 4) is 0 Å². The molecule has 0 spiro atoms. The molecule has 0 aliphatic heterocycles. The van der Waals surface area contributed by atoms with Crippen LogP contribution in [0.2, 0.25) is 0 Å². The van der Waals surface area contributed by atoms with Crippen LogP contribution < -0.4 is 0 Å². The highest BCUT2D eigenvalue weighted by Crippen LogP contribution is 2.30. The molecule has 0 saturated heterocycles. The molecule has 1 unspecified atom stereocenters. The van der Waals surface area contributed by atoms with Crippen molar-refractivity contribution in [1.82, 2.24) is 0 Å². The number of ketones is 1. The van der Waals surface area contributed by atoms with E-state index in [1.807, 2.05) is 0 Å². The molecule has 1 saturated carbocycles. The van der Waals surface area contributed by atoms with Gasteiger partial charge in [-0.15, -0.1) is 0 Å². The fourth-order valence-electron chi connectivity index (χ4n) is 0.825. The molecule has 1 atom stereocenters. The SMILES string of the molecule is CC(OCC(=O)C1CC1)C(F)(F)F. The zero-order valence-corrected chi connectivity index (χ0v) is 7.23. The van der Waals surface area contributed by atoms with Crippen LogP contribution in [0.1, 0.15) is 19.8 Å². The van der Waals surface area contributed by atoms with Gasteiger partial charge in [0.1, 0.15) is 6.61 Å². The molecule has 0 radical (unpaired) electrons. The van der Waals surface area contributed by atoms with E-state index in [1.54, 1.807) is 0 Å². The number of hydrogen-bond donors (Lipinski definition) is 0. The van der Waals surface area contributed by atoms with Crippen molar-refractivity contribution in [2.45, 2.75) is 32.0 Å². The third-order valence-corrected chi connectivity index (χ3v) is 1.97. The lowest BCUT2D eigenvalue weighted by Gasteiger charge is -2.15. The Bertz CT molecular complexity index is 196. The van der Waals surface area contributed by atoms with Crippen LogP contribution in [0.3, 0.4) is 0 Å². The number of carbonyl (C=O) groups is 1. The minimum atomic E-state index is -4.37. The van der Waals surface area contributed by atoms with Gasteiger partial charge >= 0.3 is 6.18 Å². The molecule has 0 aromatic heterocycles. The standard InChI is InChI=1S/C8H11F3O2/c1-5(8(9,10)11)13-4-7(12)6-2-3-6/h5-6H,2-4H2,1H3. The Balaban J connectivity index is 2.21. The van der Waals surface area contributed by atoms with Crippen LogP contribution in [0.25, 0.3) is 0 Å². The first-order chi connectivity index (χ1) is 5.91. The maximum Gasteiger partial charge on any atom is 0.414 e. The number of carbonyl (C=O) groups excluding carboxylic acids is 1. The van der Waals surface area contributed by atoms with Gasteiger partial charge in [0.2, 0.25) is 0 Å². The van der Waals surface area contributed by atoms with Crippen LogP contribution in [-0.2, 0) is 9.53 Å². The Morgan fingerprint density at radius 3 is 2.46 bits per heavy atom. The van der Waals surface area contributed by atoms with E-state index in [-0.39, 0.29) is 11.7 Å². The predicted octanol–water partition coefficient (Wildman–Crippen LogP) is 1.93. The van der Waals surface area contributed by atoms with E-state index in [9.17, 15) is 18.0 Å². The molecule has 0 amide bonds. The van der Waals surface area contributed by atoms with E-state index >= 15 is 0 Å². The maximum absolute atomic E-state index is 11.9. The van der Waals surface area contributed by atoms with Crippen molar-refractivity contribution >= 4 is 5.78 Å². The second-order valence-corrected chi connectivity index (χ2v) is 3.24. The van der Waals surface area contributed by atoms with Crippen molar-refractivity contribution < 1.29 is 22.7 Å². The molecule has 1 aliphatic rings. The molecule has 1 fully saturated rings. The average Bonchev–Trinajstić information content (AvgIpc) is 2.79. The number of alkyl halides is 3. The summed E-state index contributed by atoms with van der Waals surface area (Å²) in [5.41, 5.74) is 0. The number of hydrogen-bond acceptors (Lipinski definition) is 2. The summed E-state index contributed by atoms with van der Waals surface area (Å²) < 4.78 is 40.0. The molecule has 0 bridgehead atoms. The van der Waals surface area contributed by atoms with Crippen molar-refractivity contribution in [2.75, 3.05) is 6.61 Å². The topological polar surface area (TPSA) is 26.3 Å². The highest BCUT2D eigenvalue weighted by molar-refractivity contribution is 5.84. The minimum Gasteiger partial charge on any atom is -0.361 e. The lowest BCUT2D eigenvalue weighted by Crippen LogP contribution is -2.30. The lowest BCUT2D eigenvalue weighted by molar-refractivity contribution is -0.213. The Kier molecular flexibility index (Phi) is 2.95. The monoisotopic (exact) mass is 196 g/mol. The number of halogens is 3. The first kappa shape index (κ1) is 10.5. The van der Waals surface area contributed by atoms with Crippen LogP contribution in [0, 0.1) is 5.92 Å². The summed E-state index contributed by atoms with van der Waals surface area (Å²) in [6.45, 7) is 0.492. The number of Topliss-reactive ketones (excluding diaryl/α,β-unsaturated/α-hetero) is 1. The van der Waals surface area contributed by atoms with Crippen molar-refractivity contribution in [3.05, 3.63) is 0 Å². The predicted molar refractivity (Wildman–Crippen MR) is 39.2 cm³/mol. The molecular weight excluding hydrogens is 185 g/mol. The van der Waals surface area contributed by atoms with Crippen LogP contribution in [-0.4, -0.2) is 24.7 Å². The molecule has 0 aromatic rings. The Morgan fingerprint density at radius 1 is 1.54 bits per heavy atom. The molecule has 5 heteroatoms. The van der Waals surface area contributed by atoms with Crippen LogP contribution >= 0.6 is 0 Å².